The number of amides is 2. The molecule has 2 heterocycles. The van der Waals surface area contributed by atoms with Crippen LogP contribution in [0.25, 0.3) is 0 Å². The van der Waals surface area contributed by atoms with E-state index in [1.807, 2.05) is 82.0 Å². The lowest BCUT2D eigenvalue weighted by atomic mass is 9.85. The third-order valence-corrected chi connectivity index (χ3v) is 7.24. The van der Waals surface area contributed by atoms with Crippen LogP contribution in [0.4, 0.5) is 10.5 Å². The highest BCUT2D eigenvalue weighted by atomic mass is 16.6. The first-order chi connectivity index (χ1) is 18.0. The molecule has 4 rings (SSSR count). The van der Waals surface area contributed by atoms with Crippen molar-refractivity contribution in [1.29, 1.82) is 0 Å². The number of para-hydroxylation sites is 1. The molecular weight excluding hydrogens is 482 g/mol. The van der Waals surface area contributed by atoms with Crippen LogP contribution in [-0.4, -0.2) is 64.8 Å². The van der Waals surface area contributed by atoms with Gasteiger partial charge in [-0.25, -0.2) is 9.59 Å². The summed E-state index contributed by atoms with van der Waals surface area (Å²) in [5, 5.41) is 0. The van der Waals surface area contributed by atoms with E-state index in [4.69, 9.17) is 9.47 Å². The van der Waals surface area contributed by atoms with Gasteiger partial charge in [0.15, 0.2) is 0 Å². The minimum Gasteiger partial charge on any atom is -0.459 e. The number of hydrogen-bond acceptors (Lipinski definition) is 6. The molecule has 2 aliphatic heterocycles. The van der Waals surface area contributed by atoms with E-state index in [0.29, 0.717) is 44.7 Å². The van der Waals surface area contributed by atoms with Crippen molar-refractivity contribution in [2.24, 2.45) is 0 Å². The molecule has 8 nitrogen and oxygen atoms in total. The number of carbonyl (C=O) groups excluding carboxylic acids is 3. The molecule has 1 atom stereocenters. The number of carbonyl (C=O) groups is 3. The fraction of sp³-hybridized carbons (Fsp3) is 0.500. The van der Waals surface area contributed by atoms with Gasteiger partial charge in [-0.1, -0.05) is 37.3 Å². The first-order valence-electron chi connectivity index (χ1n) is 13.4. The molecule has 2 fully saturated rings. The average molecular weight is 522 g/mol. The fourth-order valence-corrected chi connectivity index (χ4v) is 5.06. The van der Waals surface area contributed by atoms with Gasteiger partial charge in [-0.2, -0.15) is 0 Å². The van der Waals surface area contributed by atoms with Crippen LogP contribution < -0.4 is 4.90 Å². The number of anilines is 1. The molecule has 204 valence electrons. The van der Waals surface area contributed by atoms with Crippen molar-refractivity contribution in [3.63, 3.8) is 0 Å². The highest BCUT2D eigenvalue weighted by Gasteiger charge is 2.54. The van der Waals surface area contributed by atoms with Crippen molar-refractivity contribution in [2.75, 3.05) is 24.7 Å². The summed E-state index contributed by atoms with van der Waals surface area (Å²) in [6.45, 7) is 11.1. The van der Waals surface area contributed by atoms with Gasteiger partial charge in [0.05, 0.1) is 18.3 Å². The van der Waals surface area contributed by atoms with Crippen molar-refractivity contribution in [3.05, 3.63) is 65.7 Å². The van der Waals surface area contributed by atoms with Crippen LogP contribution in [0.5, 0.6) is 0 Å². The van der Waals surface area contributed by atoms with E-state index in [2.05, 4.69) is 4.90 Å². The van der Waals surface area contributed by atoms with Crippen LogP contribution >= 0.6 is 0 Å². The monoisotopic (exact) mass is 521 g/mol. The Kier molecular flexibility index (Phi) is 7.99. The third-order valence-electron chi connectivity index (χ3n) is 7.24. The van der Waals surface area contributed by atoms with E-state index in [-0.39, 0.29) is 24.1 Å². The lowest BCUT2D eigenvalue weighted by Gasteiger charge is -2.43. The summed E-state index contributed by atoms with van der Waals surface area (Å²) in [6, 6.07) is 17.2. The van der Waals surface area contributed by atoms with Gasteiger partial charge in [0.25, 0.3) is 0 Å². The quantitative estimate of drug-likeness (QED) is 0.485. The second-order valence-electron chi connectivity index (χ2n) is 11.2. The molecule has 0 aromatic heterocycles. The molecule has 38 heavy (non-hydrogen) atoms. The van der Waals surface area contributed by atoms with Crippen molar-refractivity contribution >= 4 is 23.7 Å². The number of esters is 1. The van der Waals surface area contributed by atoms with Crippen LogP contribution in [0.2, 0.25) is 0 Å². The molecule has 8 heteroatoms. The van der Waals surface area contributed by atoms with Gasteiger partial charge in [-0.3, -0.25) is 4.79 Å². The second-order valence-corrected chi connectivity index (χ2v) is 11.2. The van der Waals surface area contributed by atoms with Crippen LogP contribution in [0.15, 0.2) is 54.6 Å². The normalized spacial score (nSPS) is 18.0. The average Bonchev–Trinajstić information content (AvgIpc) is 3.14. The van der Waals surface area contributed by atoms with E-state index in [1.54, 1.807) is 17.0 Å². The molecule has 1 spiro atoms. The molecule has 0 aliphatic carbocycles. The number of likely N-dealkylation sites (tertiary alicyclic amines) is 1. The van der Waals surface area contributed by atoms with Crippen molar-refractivity contribution in [1.82, 2.24) is 9.80 Å². The summed E-state index contributed by atoms with van der Waals surface area (Å²) in [4.78, 5) is 45.0. The van der Waals surface area contributed by atoms with Crippen LogP contribution in [-0.2, 0) is 20.8 Å². The van der Waals surface area contributed by atoms with E-state index in [9.17, 15) is 14.4 Å². The largest absolute Gasteiger partial charge is 0.459 e. The van der Waals surface area contributed by atoms with Crippen LogP contribution in [0.1, 0.15) is 69.8 Å². The molecular formula is C30H39N3O5. The molecule has 2 saturated heterocycles. The Bertz CT molecular complexity index is 1150. The number of ether oxygens (including phenoxy) is 2. The standard InChI is InChI=1S/C30H39N3O5/c1-6-22(2)37-26(34)24-12-10-11-23(19-24)20-32-21-33(25-13-8-7-9-14-25)30(27(32)35)15-17-31(18-16-30)28(36)38-29(3,4)5/h7-14,19,22H,6,15-18,20-21H2,1-5H3. The number of piperidine rings is 1. The maximum atomic E-state index is 14.0. The Morgan fingerprint density at radius 1 is 1.03 bits per heavy atom. The highest BCUT2D eigenvalue weighted by Crippen LogP contribution is 2.40. The van der Waals surface area contributed by atoms with Gasteiger partial charge >= 0.3 is 12.1 Å². The fourth-order valence-electron chi connectivity index (χ4n) is 5.06. The summed E-state index contributed by atoms with van der Waals surface area (Å²) < 4.78 is 11.1. The van der Waals surface area contributed by atoms with Crippen molar-refractivity contribution in [3.8, 4) is 0 Å². The summed E-state index contributed by atoms with van der Waals surface area (Å²) in [5.41, 5.74) is 1.01. The summed E-state index contributed by atoms with van der Waals surface area (Å²) in [5.74, 6) is -0.316. The lowest BCUT2D eigenvalue weighted by molar-refractivity contribution is -0.134. The zero-order valence-electron chi connectivity index (χ0n) is 23.1. The Balaban J connectivity index is 1.54. The molecule has 2 aromatic rings. The van der Waals surface area contributed by atoms with E-state index in [1.165, 1.54) is 0 Å². The van der Waals surface area contributed by atoms with Gasteiger partial charge in [0.1, 0.15) is 11.1 Å². The Morgan fingerprint density at radius 2 is 1.71 bits per heavy atom. The predicted molar refractivity (Wildman–Crippen MR) is 146 cm³/mol. The van der Waals surface area contributed by atoms with Crippen molar-refractivity contribution < 1.29 is 23.9 Å². The van der Waals surface area contributed by atoms with E-state index < -0.39 is 11.1 Å². The van der Waals surface area contributed by atoms with Crippen LogP contribution in [0, 0.1) is 0 Å². The number of nitrogens with zero attached hydrogens (tertiary/aromatic N) is 3. The second kappa shape index (κ2) is 11.1. The molecule has 2 aromatic carbocycles. The van der Waals surface area contributed by atoms with Gasteiger partial charge in [0.2, 0.25) is 5.91 Å². The zero-order valence-corrected chi connectivity index (χ0v) is 23.1. The Labute approximate surface area is 225 Å². The Morgan fingerprint density at radius 3 is 2.34 bits per heavy atom. The number of hydrogen-bond donors (Lipinski definition) is 0. The molecule has 0 N–H and O–H groups in total. The minimum atomic E-state index is -0.743. The molecule has 1 unspecified atom stereocenters. The first kappa shape index (κ1) is 27.5. The smallest absolute Gasteiger partial charge is 0.410 e. The van der Waals surface area contributed by atoms with E-state index in [0.717, 1.165) is 17.7 Å². The highest BCUT2D eigenvalue weighted by molar-refractivity contribution is 5.94. The molecule has 0 radical (unpaired) electrons. The summed E-state index contributed by atoms with van der Waals surface area (Å²) >= 11 is 0. The predicted octanol–water partition coefficient (Wildman–Crippen LogP) is 5.22. The topological polar surface area (TPSA) is 79.4 Å². The zero-order chi connectivity index (χ0) is 27.5. The van der Waals surface area contributed by atoms with Gasteiger partial charge in [-0.15, -0.1) is 0 Å². The molecule has 2 aliphatic rings. The first-order valence-corrected chi connectivity index (χ1v) is 13.4. The molecule has 2 amide bonds. The number of benzene rings is 2. The third kappa shape index (κ3) is 5.95. The van der Waals surface area contributed by atoms with E-state index >= 15 is 0 Å². The molecule has 0 bridgehead atoms. The van der Waals surface area contributed by atoms with Crippen molar-refractivity contribution in [2.45, 2.75) is 77.7 Å². The van der Waals surface area contributed by atoms with Gasteiger partial charge in [0, 0.05) is 25.3 Å². The van der Waals surface area contributed by atoms with Gasteiger partial charge in [-0.05, 0) is 76.8 Å². The minimum absolute atomic E-state index is 0.0396. The summed E-state index contributed by atoms with van der Waals surface area (Å²) in [7, 11) is 0. The maximum Gasteiger partial charge on any atom is 0.410 e. The number of rotatable bonds is 6. The maximum absolute atomic E-state index is 14.0. The van der Waals surface area contributed by atoms with Gasteiger partial charge < -0.3 is 24.2 Å². The SMILES string of the molecule is CCC(C)OC(=O)c1cccc(CN2CN(c3ccccc3)C3(CCN(C(=O)OC(C)(C)C)CC3)C2=O)c1. The lowest BCUT2D eigenvalue weighted by Crippen LogP contribution is -2.57. The van der Waals surface area contributed by atoms with Crippen LogP contribution in [0.3, 0.4) is 0 Å². The summed E-state index contributed by atoms with van der Waals surface area (Å²) in [6.07, 6.45) is 1.27. The Hall–Kier alpha value is -3.55. The molecule has 0 saturated carbocycles.